The number of rotatable bonds is 3. The summed E-state index contributed by atoms with van der Waals surface area (Å²) in [6, 6.07) is 3.81. The van der Waals surface area contributed by atoms with Gasteiger partial charge in [-0.05, 0) is 26.0 Å². The van der Waals surface area contributed by atoms with Gasteiger partial charge in [-0.25, -0.2) is 4.98 Å². The molecule has 21 heavy (non-hydrogen) atoms. The van der Waals surface area contributed by atoms with Gasteiger partial charge in [-0.1, -0.05) is 0 Å². The Morgan fingerprint density at radius 2 is 2.33 bits per heavy atom. The molecular weight excluding hydrogens is 270 g/mol. The number of nitrogens with zero attached hydrogens (tertiary/aromatic N) is 3. The van der Waals surface area contributed by atoms with E-state index in [4.69, 9.17) is 9.15 Å². The number of imidazole rings is 1. The highest BCUT2D eigenvalue weighted by Crippen LogP contribution is 2.24. The number of carbonyl (C=O) groups is 1. The van der Waals surface area contributed by atoms with Crippen molar-refractivity contribution in [3.8, 4) is 0 Å². The van der Waals surface area contributed by atoms with Gasteiger partial charge in [-0.3, -0.25) is 4.79 Å². The molecule has 0 saturated carbocycles. The molecule has 0 aliphatic carbocycles. The smallest absolute Gasteiger partial charge is 0.290 e. The van der Waals surface area contributed by atoms with E-state index in [2.05, 4.69) is 4.98 Å². The van der Waals surface area contributed by atoms with Crippen molar-refractivity contribution in [3.63, 3.8) is 0 Å². The SMILES string of the molecule is CCn1ccnc1C(=O)N1CCOC(c2ccc(C)o2)C1. The molecule has 1 aliphatic rings. The first-order valence-corrected chi connectivity index (χ1v) is 7.17. The van der Waals surface area contributed by atoms with Crippen molar-refractivity contribution in [2.45, 2.75) is 26.5 Å². The first-order valence-electron chi connectivity index (χ1n) is 7.17. The van der Waals surface area contributed by atoms with Crippen LogP contribution < -0.4 is 0 Å². The lowest BCUT2D eigenvalue weighted by Gasteiger charge is -2.31. The van der Waals surface area contributed by atoms with Gasteiger partial charge in [0.2, 0.25) is 0 Å². The highest BCUT2D eigenvalue weighted by Gasteiger charge is 2.29. The Bertz CT molecular complexity index is 632. The quantitative estimate of drug-likeness (QED) is 0.867. The second-order valence-corrected chi connectivity index (χ2v) is 5.10. The maximum Gasteiger partial charge on any atom is 0.290 e. The molecule has 2 aromatic heterocycles. The van der Waals surface area contributed by atoms with Gasteiger partial charge in [-0.2, -0.15) is 0 Å². The van der Waals surface area contributed by atoms with Crippen LogP contribution in [0, 0.1) is 6.92 Å². The Kier molecular flexibility index (Phi) is 3.79. The number of morpholine rings is 1. The zero-order valence-corrected chi connectivity index (χ0v) is 12.3. The van der Waals surface area contributed by atoms with Gasteiger partial charge in [0.25, 0.3) is 5.91 Å². The normalized spacial score (nSPS) is 19.0. The maximum atomic E-state index is 12.6. The van der Waals surface area contributed by atoms with Crippen LogP contribution in [0.1, 0.15) is 35.2 Å². The molecule has 6 heteroatoms. The molecule has 2 aromatic rings. The van der Waals surface area contributed by atoms with Gasteiger partial charge < -0.3 is 18.6 Å². The summed E-state index contributed by atoms with van der Waals surface area (Å²) < 4.78 is 13.2. The summed E-state index contributed by atoms with van der Waals surface area (Å²) in [7, 11) is 0. The van der Waals surface area contributed by atoms with Crippen LogP contribution in [0.5, 0.6) is 0 Å². The van der Waals surface area contributed by atoms with Gasteiger partial charge >= 0.3 is 0 Å². The van der Waals surface area contributed by atoms with E-state index in [-0.39, 0.29) is 12.0 Å². The highest BCUT2D eigenvalue weighted by molar-refractivity contribution is 5.90. The summed E-state index contributed by atoms with van der Waals surface area (Å²) in [5, 5.41) is 0. The number of furan rings is 1. The molecule has 0 radical (unpaired) electrons. The van der Waals surface area contributed by atoms with E-state index in [1.165, 1.54) is 0 Å². The molecule has 1 fully saturated rings. The summed E-state index contributed by atoms with van der Waals surface area (Å²) in [4.78, 5) is 18.5. The fourth-order valence-electron chi connectivity index (χ4n) is 2.54. The number of ether oxygens (including phenoxy) is 1. The number of aryl methyl sites for hydroxylation is 2. The molecule has 0 N–H and O–H groups in total. The minimum atomic E-state index is -0.207. The monoisotopic (exact) mass is 289 g/mol. The van der Waals surface area contributed by atoms with Crippen molar-refractivity contribution in [1.29, 1.82) is 0 Å². The Labute approximate surface area is 123 Å². The molecule has 1 unspecified atom stereocenters. The Morgan fingerprint density at radius 1 is 1.48 bits per heavy atom. The van der Waals surface area contributed by atoms with Crippen molar-refractivity contribution < 1.29 is 13.9 Å². The van der Waals surface area contributed by atoms with Crippen LogP contribution >= 0.6 is 0 Å². The largest absolute Gasteiger partial charge is 0.464 e. The molecule has 1 amide bonds. The van der Waals surface area contributed by atoms with Gasteiger partial charge in [0.05, 0.1) is 13.2 Å². The van der Waals surface area contributed by atoms with Crippen LogP contribution in [0.25, 0.3) is 0 Å². The van der Waals surface area contributed by atoms with Gasteiger partial charge in [0, 0.05) is 25.5 Å². The molecule has 0 bridgehead atoms. The van der Waals surface area contributed by atoms with E-state index >= 15 is 0 Å². The molecule has 112 valence electrons. The van der Waals surface area contributed by atoms with Crippen LogP contribution in [0.2, 0.25) is 0 Å². The van der Waals surface area contributed by atoms with Crippen molar-refractivity contribution in [2.24, 2.45) is 0 Å². The maximum absolute atomic E-state index is 12.6. The van der Waals surface area contributed by atoms with Gasteiger partial charge in [0.15, 0.2) is 5.82 Å². The number of hydrogen-bond donors (Lipinski definition) is 0. The Balaban J connectivity index is 1.75. The molecular formula is C15H19N3O3. The molecule has 1 atom stereocenters. The summed E-state index contributed by atoms with van der Waals surface area (Å²) in [5.41, 5.74) is 0. The zero-order valence-electron chi connectivity index (χ0n) is 12.3. The van der Waals surface area contributed by atoms with Gasteiger partial charge in [0.1, 0.15) is 17.6 Å². The summed E-state index contributed by atoms with van der Waals surface area (Å²) >= 11 is 0. The molecule has 3 heterocycles. The number of aromatic nitrogens is 2. The van der Waals surface area contributed by atoms with Gasteiger partial charge in [-0.15, -0.1) is 0 Å². The van der Waals surface area contributed by atoms with Crippen LogP contribution in [-0.2, 0) is 11.3 Å². The van der Waals surface area contributed by atoms with Crippen LogP contribution in [0.3, 0.4) is 0 Å². The third-order valence-corrected chi connectivity index (χ3v) is 3.68. The molecule has 1 saturated heterocycles. The first kappa shape index (κ1) is 13.9. The highest BCUT2D eigenvalue weighted by atomic mass is 16.5. The summed E-state index contributed by atoms with van der Waals surface area (Å²) in [5.74, 6) is 2.04. The topological polar surface area (TPSA) is 60.5 Å². The molecule has 3 rings (SSSR count). The van der Waals surface area contributed by atoms with Crippen molar-refractivity contribution >= 4 is 5.91 Å². The fraction of sp³-hybridized carbons (Fsp3) is 0.467. The lowest BCUT2D eigenvalue weighted by atomic mass is 10.2. The molecule has 1 aliphatic heterocycles. The second kappa shape index (κ2) is 5.73. The second-order valence-electron chi connectivity index (χ2n) is 5.10. The van der Waals surface area contributed by atoms with Crippen LogP contribution in [0.15, 0.2) is 28.9 Å². The predicted molar refractivity (Wildman–Crippen MR) is 75.9 cm³/mol. The molecule has 0 aromatic carbocycles. The average molecular weight is 289 g/mol. The Morgan fingerprint density at radius 3 is 3.05 bits per heavy atom. The summed E-state index contributed by atoms with van der Waals surface area (Å²) in [6.07, 6.45) is 3.27. The molecule has 0 spiro atoms. The molecule has 6 nitrogen and oxygen atoms in total. The number of hydrogen-bond acceptors (Lipinski definition) is 4. The first-order chi connectivity index (χ1) is 10.2. The van der Waals surface area contributed by atoms with E-state index in [0.29, 0.717) is 25.5 Å². The van der Waals surface area contributed by atoms with Crippen molar-refractivity contribution in [3.05, 3.63) is 41.9 Å². The van der Waals surface area contributed by atoms with E-state index in [9.17, 15) is 4.79 Å². The lowest BCUT2D eigenvalue weighted by Crippen LogP contribution is -2.43. The van der Waals surface area contributed by atoms with Crippen molar-refractivity contribution in [1.82, 2.24) is 14.5 Å². The van der Waals surface area contributed by atoms with Crippen molar-refractivity contribution in [2.75, 3.05) is 19.7 Å². The third-order valence-electron chi connectivity index (χ3n) is 3.68. The Hall–Kier alpha value is -2.08. The van der Waals surface area contributed by atoms with E-state index in [0.717, 1.165) is 18.1 Å². The zero-order chi connectivity index (χ0) is 14.8. The van der Waals surface area contributed by atoms with E-state index in [1.807, 2.05) is 36.7 Å². The fourth-order valence-corrected chi connectivity index (χ4v) is 2.54. The lowest BCUT2D eigenvalue weighted by molar-refractivity contribution is -0.0328. The predicted octanol–water partition coefficient (Wildman–Crippen LogP) is 2.02. The third kappa shape index (κ3) is 2.71. The van der Waals surface area contributed by atoms with Crippen LogP contribution in [-0.4, -0.2) is 40.1 Å². The standard InChI is InChI=1S/C15H19N3O3/c1-3-17-7-6-16-14(17)15(19)18-8-9-20-13(10-18)12-5-4-11(2)21-12/h4-7,13H,3,8-10H2,1-2H3. The minimum absolute atomic E-state index is 0.0570. The average Bonchev–Trinajstić information content (AvgIpc) is 3.15. The van der Waals surface area contributed by atoms with E-state index in [1.54, 1.807) is 11.1 Å². The summed E-state index contributed by atoms with van der Waals surface area (Å²) in [6.45, 7) is 6.18. The van der Waals surface area contributed by atoms with Crippen LogP contribution in [0.4, 0.5) is 0 Å². The van der Waals surface area contributed by atoms with E-state index < -0.39 is 0 Å². The number of amides is 1. The minimum Gasteiger partial charge on any atom is -0.464 e. The number of carbonyl (C=O) groups excluding carboxylic acids is 1.